The van der Waals surface area contributed by atoms with Gasteiger partial charge in [-0.15, -0.1) is 0 Å². The highest BCUT2D eigenvalue weighted by Crippen LogP contribution is 2.19. The molecule has 2 N–H and O–H groups in total. The van der Waals surface area contributed by atoms with Crippen LogP contribution in [0.4, 0.5) is 0 Å². The van der Waals surface area contributed by atoms with Gasteiger partial charge in [0.2, 0.25) is 0 Å². The normalized spacial score (nSPS) is 12.0. The molecule has 21 heavy (non-hydrogen) atoms. The van der Waals surface area contributed by atoms with Crippen molar-refractivity contribution in [2.75, 3.05) is 6.54 Å². The van der Waals surface area contributed by atoms with E-state index in [1.165, 1.54) is 11.1 Å². The van der Waals surface area contributed by atoms with E-state index in [0.717, 1.165) is 18.5 Å². The van der Waals surface area contributed by atoms with Crippen molar-refractivity contribution in [2.24, 2.45) is 0 Å². The fraction of sp³-hybridized carbons (Fsp3) is 0.278. The van der Waals surface area contributed by atoms with Gasteiger partial charge in [0.15, 0.2) is 0 Å². The molecule has 110 valence electrons. The zero-order valence-electron chi connectivity index (χ0n) is 12.3. The van der Waals surface area contributed by atoms with E-state index >= 15 is 0 Å². The van der Waals surface area contributed by atoms with Gasteiger partial charge in [0.25, 0.3) is 0 Å². The van der Waals surface area contributed by atoms with Gasteiger partial charge in [-0.2, -0.15) is 0 Å². The van der Waals surface area contributed by atoms with Gasteiger partial charge in [-0.3, -0.25) is 4.79 Å². The van der Waals surface area contributed by atoms with Crippen molar-refractivity contribution in [3.8, 4) is 11.1 Å². The highest BCUT2D eigenvalue weighted by molar-refractivity contribution is 5.67. The summed E-state index contributed by atoms with van der Waals surface area (Å²) in [4.78, 5) is 10.9. The monoisotopic (exact) mass is 283 g/mol. The van der Waals surface area contributed by atoms with Gasteiger partial charge in [-0.05, 0) is 29.7 Å². The van der Waals surface area contributed by atoms with Crippen LogP contribution in [0.25, 0.3) is 11.1 Å². The third kappa shape index (κ3) is 4.72. The number of hydrogen-bond donors (Lipinski definition) is 2. The second kappa shape index (κ2) is 7.60. The number of hydrogen-bond acceptors (Lipinski definition) is 2. The Hall–Kier alpha value is -2.13. The topological polar surface area (TPSA) is 49.3 Å². The maximum absolute atomic E-state index is 10.9. The molecular weight excluding hydrogens is 262 g/mol. The molecule has 0 spiro atoms. The second-order valence-corrected chi connectivity index (χ2v) is 5.12. The number of rotatable bonds is 7. The van der Waals surface area contributed by atoms with Crippen LogP contribution in [0.2, 0.25) is 0 Å². The first kappa shape index (κ1) is 15.3. The predicted octanol–water partition coefficient (Wildman–Crippen LogP) is 3.35. The summed E-state index contributed by atoms with van der Waals surface area (Å²) >= 11 is 0. The number of carbonyl (C=O) groups is 1. The van der Waals surface area contributed by atoms with Crippen molar-refractivity contribution >= 4 is 5.97 Å². The minimum Gasteiger partial charge on any atom is -0.481 e. The van der Waals surface area contributed by atoms with E-state index in [-0.39, 0.29) is 12.5 Å². The maximum atomic E-state index is 10.9. The van der Waals surface area contributed by atoms with Gasteiger partial charge in [0, 0.05) is 6.04 Å². The summed E-state index contributed by atoms with van der Waals surface area (Å²) in [6.45, 7) is 2.77. The number of nitrogens with one attached hydrogen (secondary N) is 1. The average Bonchev–Trinajstić information content (AvgIpc) is 2.48. The molecule has 3 nitrogen and oxygen atoms in total. The molecule has 0 amide bonds. The molecule has 0 radical (unpaired) electrons. The average molecular weight is 283 g/mol. The van der Waals surface area contributed by atoms with E-state index in [9.17, 15) is 4.79 Å². The molecule has 1 unspecified atom stereocenters. The van der Waals surface area contributed by atoms with E-state index in [0.29, 0.717) is 0 Å². The molecule has 0 aliphatic rings. The summed E-state index contributed by atoms with van der Waals surface area (Å²) in [7, 11) is 0. The summed E-state index contributed by atoms with van der Waals surface area (Å²) in [5.41, 5.74) is 3.53. The first-order valence-corrected chi connectivity index (χ1v) is 7.28. The molecular formula is C18H21NO2. The lowest BCUT2D eigenvalue weighted by molar-refractivity contribution is -0.137. The number of likely N-dealkylation sites (N-methyl/N-ethyl adjacent to an activating group) is 1. The van der Waals surface area contributed by atoms with Gasteiger partial charge >= 0.3 is 5.97 Å². The molecule has 2 aromatic rings. The second-order valence-electron chi connectivity index (χ2n) is 5.12. The molecule has 2 rings (SSSR count). The Morgan fingerprint density at radius 3 is 2.24 bits per heavy atom. The van der Waals surface area contributed by atoms with Crippen molar-refractivity contribution in [3.63, 3.8) is 0 Å². The fourth-order valence-corrected chi connectivity index (χ4v) is 2.46. The number of carboxylic acid groups (broad SMARTS) is 1. The molecule has 2 aromatic carbocycles. The Labute approximate surface area is 125 Å². The molecule has 0 fully saturated rings. The van der Waals surface area contributed by atoms with Crippen LogP contribution in [0.3, 0.4) is 0 Å². The summed E-state index contributed by atoms with van der Waals surface area (Å²) < 4.78 is 0. The standard InChI is InChI=1S/C18H21NO2/c1-2-19-17(13-18(20)21)12-14-8-10-16(11-9-14)15-6-4-3-5-7-15/h3-11,17,19H,2,12-13H2,1H3,(H,20,21). The number of carboxylic acids is 1. The lowest BCUT2D eigenvalue weighted by Gasteiger charge is -2.16. The van der Waals surface area contributed by atoms with Crippen LogP contribution in [0, 0.1) is 0 Å². The highest BCUT2D eigenvalue weighted by atomic mass is 16.4. The smallest absolute Gasteiger partial charge is 0.304 e. The van der Waals surface area contributed by atoms with Crippen LogP contribution in [-0.2, 0) is 11.2 Å². The lowest BCUT2D eigenvalue weighted by Crippen LogP contribution is -2.33. The summed E-state index contributed by atoms with van der Waals surface area (Å²) in [6.07, 6.45) is 0.878. The van der Waals surface area contributed by atoms with Crippen molar-refractivity contribution < 1.29 is 9.90 Å². The zero-order chi connectivity index (χ0) is 15.1. The Balaban J connectivity index is 2.06. The summed E-state index contributed by atoms with van der Waals surface area (Å²) in [5.74, 6) is -0.762. The highest BCUT2D eigenvalue weighted by Gasteiger charge is 2.12. The van der Waals surface area contributed by atoms with E-state index in [4.69, 9.17) is 5.11 Å². The van der Waals surface area contributed by atoms with Crippen LogP contribution >= 0.6 is 0 Å². The van der Waals surface area contributed by atoms with E-state index in [1.54, 1.807) is 0 Å². The van der Waals surface area contributed by atoms with Gasteiger partial charge in [-0.1, -0.05) is 61.5 Å². The summed E-state index contributed by atoms with van der Waals surface area (Å²) in [5, 5.41) is 12.2. The maximum Gasteiger partial charge on any atom is 0.304 e. The molecule has 0 aromatic heterocycles. The fourth-order valence-electron chi connectivity index (χ4n) is 2.46. The van der Waals surface area contributed by atoms with Crippen molar-refractivity contribution in [2.45, 2.75) is 25.8 Å². The number of aliphatic carboxylic acids is 1. The van der Waals surface area contributed by atoms with Crippen LogP contribution in [0.1, 0.15) is 18.9 Å². The van der Waals surface area contributed by atoms with Crippen molar-refractivity contribution in [1.29, 1.82) is 0 Å². The van der Waals surface area contributed by atoms with Gasteiger partial charge in [0.1, 0.15) is 0 Å². The van der Waals surface area contributed by atoms with Crippen molar-refractivity contribution in [3.05, 3.63) is 60.2 Å². The van der Waals surface area contributed by atoms with Gasteiger partial charge < -0.3 is 10.4 Å². The predicted molar refractivity (Wildman–Crippen MR) is 85.3 cm³/mol. The Kier molecular flexibility index (Phi) is 5.52. The number of benzene rings is 2. The van der Waals surface area contributed by atoms with Crippen LogP contribution < -0.4 is 5.32 Å². The molecule has 0 bridgehead atoms. The van der Waals surface area contributed by atoms with Crippen LogP contribution in [-0.4, -0.2) is 23.7 Å². The molecule has 0 aliphatic heterocycles. The molecule has 0 saturated heterocycles. The minimum atomic E-state index is -0.762. The van der Waals surface area contributed by atoms with Crippen LogP contribution in [0.5, 0.6) is 0 Å². The van der Waals surface area contributed by atoms with E-state index < -0.39 is 5.97 Å². The third-order valence-electron chi connectivity index (χ3n) is 3.46. The quantitative estimate of drug-likeness (QED) is 0.819. The van der Waals surface area contributed by atoms with Crippen molar-refractivity contribution in [1.82, 2.24) is 5.32 Å². The Morgan fingerprint density at radius 2 is 1.67 bits per heavy atom. The first-order chi connectivity index (χ1) is 10.2. The largest absolute Gasteiger partial charge is 0.481 e. The van der Waals surface area contributed by atoms with Gasteiger partial charge in [0.05, 0.1) is 6.42 Å². The Bertz CT molecular complexity index is 564. The minimum absolute atomic E-state index is 0.0184. The first-order valence-electron chi connectivity index (χ1n) is 7.28. The van der Waals surface area contributed by atoms with E-state index in [2.05, 4.69) is 41.7 Å². The van der Waals surface area contributed by atoms with E-state index in [1.807, 2.05) is 25.1 Å². The SMILES string of the molecule is CCNC(CC(=O)O)Cc1ccc(-c2ccccc2)cc1. The molecule has 0 aliphatic carbocycles. The lowest BCUT2D eigenvalue weighted by atomic mass is 9.99. The molecule has 1 atom stereocenters. The summed E-state index contributed by atoms with van der Waals surface area (Å²) in [6, 6.07) is 18.5. The molecule has 3 heteroatoms. The zero-order valence-corrected chi connectivity index (χ0v) is 12.3. The third-order valence-corrected chi connectivity index (χ3v) is 3.46. The Morgan fingerprint density at radius 1 is 1.05 bits per heavy atom. The van der Waals surface area contributed by atoms with Gasteiger partial charge in [-0.25, -0.2) is 0 Å². The molecule has 0 saturated carbocycles. The van der Waals surface area contributed by atoms with Crippen LogP contribution in [0.15, 0.2) is 54.6 Å². The molecule has 0 heterocycles.